The van der Waals surface area contributed by atoms with E-state index >= 15 is 0 Å². The summed E-state index contributed by atoms with van der Waals surface area (Å²) in [4.78, 5) is 7.04. The first kappa shape index (κ1) is 19.6. The van der Waals surface area contributed by atoms with Gasteiger partial charge in [0.15, 0.2) is 0 Å². The monoisotopic (exact) mass is 400 g/mol. The fraction of sp³-hybridized carbons (Fsp3) is 0.412. The first-order valence-electron chi connectivity index (χ1n) is 8.41. The van der Waals surface area contributed by atoms with Gasteiger partial charge in [-0.3, -0.25) is 0 Å². The van der Waals surface area contributed by atoms with Crippen LogP contribution < -0.4 is 5.32 Å². The van der Waals surface area contributed by atoms with Crippen molar-refractivity contribution in [1.29, 1.82) is 0 Å². The zero-order valence-electron chi connectivity index (χ0n) is 14.4. The third kappa shape index (κ3) is 5.16. The van der Waals surface area contributed by atoms with E-state index in [1.807, 2.05) is 6.07 Å². The van der Waals surface area contributed by atoms with Crippen LogP contribution in [-0.4, -0.2) is 41.8 Å². The van der Waals surface area contributed by atoms with Crippen LogP contribution in [0.25, 0.3) is 0 Å². The maximum absolute atomic E-state index is 12.7. The van der Waals surface area contributed by atoms with E-state index in [-0.39, 0.29) is 17.6 Å². The second-order valence-electron chi connectivity index (χ2n) is 6.35. The number of anilines is 1. The number of benzene rings is 1. The van der Waals surface area contributed by atoms with E-state index < -0.39 is 21.9 Å². The minimum absolute atomic E-state index is 0.0627. The maximum atomic E-state index is 12.7. The van der Waals surface area contributed by atoms with Crippen LogP contribution in [-0.2, 0) is 22.0 Å². The normalized spacial score (nSPS) is 17.0. The summed E-state index contributed by atoms with van der Waals surface area (Å²) in [5, 5.41) is 2.94. The molecular weight excluding hydrogens is 381 g/mol. The lowest BCUT2D eigenvalue weighted by molar-refractivity contribution is -0.141. The molecule has 0 aliphatic carbocycles. The fourth-order valence-electron chi connectivity index (χ4n) is 2.95. The van der Waals surface area contributed by atoms with Crippen LogP contribution in [0.2, 0.25) is 0 Å². The summed E-state index contributed by atoms with van der Waals surface area (Å²) in [6, 6.07) is 9.64. The van der Waals surface area contributed by atoms with Crippen molar-refractivity contribution in [3.63, 3.8) is 0 Å². The zero-order valence-corrected chi connectivity index (χ0v) is 15.2. The summed E-state index contributed by atoms with van der Waals surface area (Å²) in [6.45, 7) is 0.619. The number of hydrogen-bond acceptors (Lipinski definition) is 5. The number of nitrogens with zero attached hydrogens (tertiary/aromatic N) is 3. The first-order chi connectivity index (χ1) is 12.7. The second kappa shape index (κ2) is 7.81. The molecule has 1 aliphatic heterocycles. The van der Waals surface area contributed by atoms with Gasteiger partial charge in [-0.2, -0.15) is 13.2 Å². The van der Waals surface area contributed by atoms with E-state index in [1.165, 1.54) is 4.31 Å². The van der Waals surface area contributed by atoms with Gasteiger partial charge in [0, 0.05) is 25.2 Å². The standard InChI is InChI=1S/C17H19F3N4O2S/c18-17(19,20)15-10-16(22-12-21-15)23-14-6-8-24(9-7-14)27(25,26)11-13-4-2-1-3-5-13/h1-5,10,12,14H,6-9,11H2,(H,21,22,23). The van der Waals surface area contributed by atoms with Gasteiger partial charge >= 0.3 is 6.18 Å². The highest BCUT2D eigenvalue weighted by atomic mass is 32.2. The molecule has 2 aromatic rings. The Hall–Kier alpha value is -2.20. The Morgan fingerprint density at radius 1 is 1.11 bits per heavy atom. The summed E-state index contributed by atoms with van der Waals surface area (Å²) in [7, 11) is -3.43. The zero-order chi connectivity index (χ0) is 19.5. The maximum Gasteiger partial charge on any atom is 0.433 e. The fourth-order valence-corrected chi connectivity index (χ4v) is 4.52. The van der Waals surface area contributed by atoms with E-state index in [0.29, 0.717) is 25.9 Å². The summed E-state index contributed by atoms with van der Waals surface area (Å²) in [6.07, 6.45) is -2.70. The third-order valence-corrected chi connectivity index (χ3v) is 6.20. The Morgan fingerprint density at radius 3 is 2.41 bits per heavy atom. The summed E-state index contributed by atoms with van der Waals surface area (Å²) >= 11 is 0. The van der Waals surface area contributed by atoms with E-state index in [1.54, 1.807) is 24.3 Å². The van der Waals surface area contributed by atoms with Gasteiger partial charge in [-0.1, -0.05) is 30.3 Å². The summed E-state index contributed by atoms with van der Waals surface area (Å²) in [5.74, 6) is 0.0233. The van der Waals surface area contributed by atoms with Gasteiger partial charge in [0.05, 0.1) is 5.75 Å². The van der Waals surface area contributed by atoms with Crippen molar-refractivity contribution in [1.82, 2.24) is 14.3 Å². The highest BCUT2D eigenvalue weighted by molar-refractivity contribution is 7.88. The van der Waals surface area contributed by atoms with Gasteiger partial charge in [-0.15, -0.1) is 0 Å². The molecular formula is C17H19F3N4O2S. The molecule has 0 bridgehead atoms. The molecule has 0 saturated carbocycles. The number of aromatic nitrogens is 2. The van der Waals surface area contributed by atoms with Gasteiger partial charge in [0.25, 0.3) is 0 Å². The van der Waals surface area contributed by atoms with Crippen LogP contribution in [0.15, 0.2) is 42.7 Å². The molecule has 0 atom stereocenters. The largest absolute Gasteiger partial charge is 0.433 e. The quantitative estimate of drug-likeness (QED) is 0.835. The number of piperidine rings is 1. The van der Waals surface area contributed by atoms with Crippen molar-refractivity contribution >= 4 is 15.8 Å². The lowest BCUT2D eigenvalue weighted by Gasteiger charge is -2.32. The van der Waals surface area contributed by atoms with Crippen LogP contribution in [0.3, 0.4) is 0 Å². The molecule has 1 saturated heterocycles. The Kier molecular flexibility index (Phi) is 5.66. The average molecular weight is 400 g/mol. The highest BCUT2D eigenvalue weighted by Crippen LogP contribution is 2.28. The topological polar surface area (TPSA) is 75.2 Å². The van der Waals surface area contributed by atoms with Crippen LogP contribution >= 0.6 is 0 Å². The molecule has 10 heteroatoms. The predicted molar refractivity (Wildman–Crippen MR) is 94.3 cm³/mol. The third-order valence-electron chi connectivity index (χ3n) is 4.35. The highest BCUT2D eigenvalue weighted by Gasteiger charge is 2.33. The molecule has 1 N–H and O–H groups in total. The molecule has 1 fully saturated rings. The van der Waals surface area contributed by atoms with Crippen LogP contribution in [0, 0.1) is 0 Å². The van der Waals surface area contributed by atoms with E-state index in [2.05, 4.69) is 15.3 Å². The van der Waals surface area contributed by atoms with E-state index in [0.717, 1.165) is 18.0 Å². The smallest absolute Gasteiger partial charge is 0.367 e. The Morgan fingerprint density at radius 2 is 1.78 bits per heavy atom. The predicted octanol–water partition coefficient (Wildman–Crippen LogP) is 2.90. The average Bonchev–Trinajstić information content (AvgIpc) is 2.62. The van der Waals surface area contributed by atoms with Gasteiger partial charge in [0.1, 0.15) is 17.8 Å². The van der Waals surface area contributed by atoms with Gasteiger partial charge < -0.3 is 5.32 Å². The minimum Gasteiger partial charge on any atom is -0.367 e. The molecule has 0 unspecified atom stereocenters. The number of rotatable bonds is 5. The van der Waals surface area contributed by atoms with Crippen LogP contribution in [0.5, 0.6) is 0 Å². The molecule has 27 heavy (non-hydrogen) atoms. The second-order valence-corrected chi connectivity index (χ2v) is 8.31. The molecule has 0 spiro atoms. The molecule has 146 valence electrons. The molecule has 2 heterocycles. The first-order valence-corrected chi connectivity index (χ1v) is 10.0. The van der Waals surface area contributed by atoms with Crippen molar-refractivity contribution in [2.45, 2.75) is 30.8 Å². The molecule has 1 aromatic heterocycles. The van der Waals surface area contributed by atoms with Crippen molar-refractivity contribution in [3.05, 3.63) is 54.0 Å². The number of halogens is 3. The lowest BCUT2D eigenvalue weighted by atomic mass is 10.1. The van der Waals surface area contributed by atoms with Gasteiger partial charge in [0.2, 0.25) is 10.0 Å². The Labute approximate surface area is 155 Å². The summed E-state index contributed by atoms with van der Waals surface area (Å²) in [5.41, 5.74) is -0.290. The van der Waals surface area contributed by atoms with Gasteiger partial charge in [-0.25, -0.2) is 22.7 Å². The minimum atomic E-state index is -4.53. The molecule has 0 amide bonds. The molecule has 3 rings (SSSR count). The molecule has 1 aliphatic rings. The molecule has 6 nitrogen and oxygen atoms in total. The Balaban J connectivity index is 1.57. The van der Waals surface area contributed by atoms with E-state index in [4.69, 9.17) is 0 Å². The van der Waals surface area contributed by atoms with Crippen LogP contribution in [0.1, 0.15) is 24.1 Å². The number of sulfonamides is 1. The van der Waals surface area contributed by atoms with E-state index in [9.17, 15) is 21.6 Å². The number of nitrogens with one attached hydrogen (secondary N) is 1. The van der Waals surface area contributed by atoms with Gasteiger partial charge in [-0.05, 0) is 18.4 Å². The molecule has 1 aromatic carbocycles. The number of hydrogen-bond donors (Lipinski definition) is 1. The lowest BCUT2D eigenvalue weighted by Crippen LogP contribution is -2.42. The SMILES string of the molecule is O=S(=O)(Cc1ccccc1)N1CCC(Nc2cc(C(F)(F)F)ncn2)CC1. The number of alkyl halides is 3. The Bertz CT molecular complexity index is 867. The molecule has 0 radical (unpaired) electrons. The summed E-state index contributed by atoms with van der Waals surface area (Å²) < 4.78 is 64.6. The van der Waals surface area contributed by atoms with Crippen molar-refractivity contribution in [2.24, 2.45) is 0 Å². The van der Waals surface area contributed by atoms with Crippen molar-refractivity contribution in [2.75, 3.05) is 18.4 Å². The van der Waals surface area contributed by atoms with Crippen molar-refractivity contribution in [3.8, 4) is 0 Å². The van der Waals surface area contributed by atoms with Crippen LogP contribution in [0.4, 0.5) is 19.0 Å². The van der Waals surface area contributed by atoms with Crippen molar-refractivity contribution < 1.29 is 21.6 Å².